The maximum atomic E-state index is 11.4. The molecular formula is C11H12NO. The summed E-state index contributed by atoms with van der Waals surface area (Å²) in [6.45, 7) is 2.02. The van der Waals surface area contributed by atoms with Crippen molar-refractivity contribution >= 4 is 11.6 Å². The Bertz CT molecular complexity index is 333. The molecule has 0 fully saturated rings. The van der Waals surface area contributed by atoms with Gasteiger partial charge in [0.25, 0.3) is 0 Å². The number of fused-ring (bicyclic) bond motifs is 1. The first-order chi connectivity index (χ1) is 6.31. The van der Waals surface area contributed by atoms with Crippen LogP contribution in [0.5, 0.6) is 0 Å². The van der Waals surface area contributed by atoms with E-state index in [1.165, 1.54) is 5.56 Å². The molecule has 0 atom stereocenters. The van der Waals surface area contributed by atoms with Crippen molar-refractivity contribution in [2.24, 2.45) is 0 Å². The van der Waals surface area contributed by atoms with E-state index in [1.54, 1.807) is 0 Å². The molecule has 1 N–H and O–H groups in total. The predicted molar refractivity (Wildman–Crippen MR) is 52.3 cm³/mol. The molecule has 2 nitrogen and oxygen atoms in total. The van der Waals surface area contributed by atoms with Crippen LogP contribution in [0.4, 0.5) is 5.69 Å². The van der Waals surface area contributed by atoms with Crippen LogP contribution in [0.3, 0.4) is 0 Å². The highest BCUT2D eigenvalue weighted by Gasteiger charge is 2.24. The molecule has 1 aromatic rings. The number of nitrogens with one attached hydrogen (secondary N) is 1. The van der Waals surface area contributed by atoms with Crippen LogP contribution in [-0.4, -0.2) is 5.91 Å². The van der Waals surface area contributed by atoms with E-state index in [1.807, 2.05) is 25.1 Å². The van der Waals surface area contributed by atoms with Gasteiger partial charge in [-0.2, -0.15) is 0 Å². The minimum Gasteiger partial charge on any atom is -0.325 e. The Morgan fingerprint density at radius 2 is 2.15 bits per heavy atom. The largest absolute Gasteiger partial charge is 0.325 e. The number of hydrogen-bond acceptors (Lipinski definition) is 1. The highest BCUT2D eigenvalue weighted by molar-refractivity contribution is 6.03. The molecule has 1 heterocycles. The zero-order valence-corrected chi connectivity index (χ0v) is 7.63. The summed E-state index contributed by atoms with van der Waals surface area (Å²) in [7, 11) is 0. The van der Waals surface area contributed by atoms with Gasteiger partial charge in [0.05, 0.1) is 5.92 Å². The molecule has 0 unspecified atom stereocenters. The van der Waals surface area contributed by atoms with Crippen LogP contribution >= 0.6 is 0 Å². The normalized spacial score (nSPS) is 16.5. The van der Waals surface area contributed by atoms with E-state index in [9.17, 15) is 4.79 Å². The van der Waals surface area contributed by atoms with Gasteiger partial charge in [-0.3, -0.25) is 4.79 Å². The lowest BCUT2D eigenvalue weighted by Gasteiger charge is -2.22. The van der Waals surface area contributed by atoms with Gasteiger partial charge in [-0.1, -0.05) is 25.1 Å². The van der Waals surface area contributed by atoms with Gasteiger partial charge in [-0.05, 0) is 24.5 Å². The van der Waals surface area contributed by atoms with Crippen LogP contribution in [0.25, 0.3) is 0 Å². The number of carbonyl (C=O) groups excluding carboxylic acids is 1. The summed E-state index contributed by atoms with van der Waals surface area (Å²) in [5.41, 5.74) is 2.18. The van der Waals surface area contributed by atoms with Crippen molar-refractivity contribution in [1.82, 2.24) is 0 Å². The second-order valence-electron chi connectivity index (χ2n) is 3.25. The Morgan fingerprint density at radius 1 is 1.38 bits per heavy atom. The van der Waals surface area contributed by atoms with Gasteiger partial charge in [0.1, 0.15) is 0 Å². The fourth-order valence-electron chi connectivity index (χ4n) is 1.60. The topological polar surface area (TPSA) is 29.1 Å². The number of anilines is 1. The Kier molecular flexibility index (Phi) is 2.05. The fraction of sp³-hybridized carbons (Fsp3) is 0.273. The molecule has 13 heavy (non-hydrogen) atoms. The summed E-state index contributed by atoms with van der Waals surface area (Å²) < 4.78 is 0. The highest BCUT2D eigenvalue weighted by Crippen LogP contribution is 2.27. The molecule has 2 rings (SSSR count). The zero-order chi connectivity index (χ0) is 9.26. The Labute approximate surface area is 78.0 Å². The third-order valence-electron chi connectivity index (χ3n) is 2.42. The molecule has 1 aromatic carbocycles. The first-order valence-corrected chi connectivity index (χ1v) is 4.55. The van der Waals surface area contributed by atoms with Crippen molar-refractivity contribution in [2.75, 3.05) is 5.32 Å². The van der Waals surface area contributed by atoms with Crippen molar-refractivity contribution in [2.45, 2.75) is 19.8 Å². The first kappa shape index (κ1) is 8.30. The molecule has 2 heteroatoms. The second kappa shape index (κ2) is 3.21. The van der Waals surface area contributed by atoms with Crippen LogP contribution in [-0.2, 0) is 11.2 Å². The van der Waals surface area contributed by atoms with E-state index >= 15 is 0 Å². The number of benzene rings is 1. The molecule has 1 amide bonds. The van der Waals surface area contributed by atoms with E-state index in [0.717, 1.165) is 24.4 Å². The summed E-state index contributed by atoms with van der Waals surface area (Å²) in [6.07, 6.45) is 1.64. The van der Waals surface area contributed by atoms with Crippen molar-refractivity contribution in [3.63, 3.8) is 0 Å². The van der Waals surface area contributed by atoms with Crippen molar-refractivity contribution in [1.29, 1.82) is 0 Å². The number of amides is 1. The molecule has 0 spiro atoms. The van der Waals surface area contributed by atoms with Gasteiger partial charge >= 0.3 is 0 Å². The third kappa shape index (κ3) is 1.44. The Morgan fingerprint density at radius 3 is 2.92 bits per heavy atom. The van der Waals surface area contributed by atoms with Crippen LogP contribution in [0, 0.1) is 5.92 Å². The van der Waals surface area contributed by atoms with Gasteiger partial charge in [0, 0.05) is 5.69 Å². The number of rotatable bonds is 1. The summed E-state index contributed by atoms with van der Waals surface area (Å²) in [5.74, 6) is 1.06. The third-order valence-corrected chi connectivity index (χ3v) is 2.42. The molecule has 1 radical (unpaired) electrons. The van der Waals surface area contributed by atoms with Gasteiger partial charge in [-0.25, -0.2) is 0 Å². The van der Waals surface area contributed by atoms with Crippen molar-refractivity contribution in [3.8, 4) is 0 Å². The molecule has 1 aliphatic heterocycles. The SMILES string of the molecule is CC[C]1Cc2ccccc2NC1=O. The number of para-hydroxylation sites is 1. The summed E-state index contributed by atoms with van der Waals surface area (Å²) in [5, 5.41) is 2.88. The smallest absolute Gasteiger partial charge is 0.232 e. The zero-order valence-electron chi connectivity index (χ0n) is 7.63. The maximum absolute atomic E-state index is 11.4. The van der Waals surface area contributed by atoms with Crippen molar-refractivity contribution in [3.05, 3.63) is 35.7 Å². The molecule has 0 bridgehead atoms. The van der Waals surface area contributed by atoms with Crippen LogP contribution in [0.15, 0.2) is 24.3 Å². The average Bonchev–Trinajstić information content (AvgIpc) is 2.17. The standard InChI is InChI=1S/C11H12NO/c1-2-8-7-9-5-3-4-6-10(9)12-11(8)13/h3-6H,2,7H2,1H3,(H,12,13). The molecule has 67 valence electrons. The van der Waals surface area contributed by atoms with Crippen molar-refractivity contribution < 1.29 is 4.79 Å². The average molecular weight is 174 g/mol. The molecule has 0 saturated heterocycles. The van der Waals surface area contributed by atoms with Crippen LogP contribution in [0.1, 0.15) is 18.9 Å². The first-order valence-electron chi connectivity index (χ1n) is 4.55. The molecule has 0 aliphatic carbocycles. The molecule has 1 aliphatic rings. The van der Waals surface area contributed by atoms with Crippen LogP contribution in [0.2, 0.25) is 0 Å². The summed E-state index contributed by atoms with van der Waals surface area (Å²) >= 11 is 0. The van der Waals surface area contributed by atoms with E-state index in [4.69, 9.17) is 0 Å². The van der Waals surface area contributed by atoms with Gasteiger partial charge in [0.15, 0.2) is 0 Å². The Hall–Kier alpha value is -1.31. The van der Waals surface area contributed by atoms with E-state index in [-0.39, 0.29) is 5.91 Å². The van der Waals surface area contributed by atoms with E-state index in [2.05, 4.69) is 11.4 Å². The minimum absolute atomic E-state index is 0.0844. The van der Waals surface area contributed by atoms with Gasteiger partial charge in [0.2, 0.25) is 5.91 Å². The summed E-state index contributed by atoms with van der Waals surface area (Å²) in [4.78, 5) is 11.4. The molecular weight excluding hydrogens is 162 g/mol. The maximum Gasteiger partial charge on any atom is 0.232 e. The lowest BCUT2D eigenvalue weighted by Crippen LogP contribution is -2.27. The van der Waals surface area contributed by atoms with E-state index in [0.29, 0.717) is 0 Å². The fourth-order valence-corrected chi connectivity index (χ4v) is 1.60. The summed E-state index contributed by atoms with van der Waals surface area (Å²) in [6, 6.07) is 7.95. The van der Waals surface area contributed by atoms with Crippen LogP contribution < -0.4 is 5.32 Å². The van der Waals surface area contributed by atoms with Gasteiger partial charge < -0.3 is 5.32 Å². The monoisotopic (exact) mass is 174 g/mol. The minimum atomic E-state index is 0.0844. The lowest BCUT2D eigenvalue weighted by molar-refractivity contribution is -0.115. The van der Waals surface area contributed by atoms with E-state index < -0.39 is 0 Å². The van der Waals surface area contributed by atoms with Gasteiger partial charge in [-0.15, -0.1) is 0 Å². The lowest BCUT2D eigenvalue weighted by atomic mass is 9.91. The number of hydrogen-bond donors (Lipinski definition) is 1. The molecule has 0 aromatic heterocycles. The number of carbonyl (C=O) groups is 1. The predicted octanol–water partition coefficient (Wildman–Crippen LogP) is 2.17. The quantitative estimate of drug-likeness (QED) is 0.694. The second-order valence-corrected chi connectivity index (χ2v) is 3.25. The molecule has 0 saturated carbocycles. The Balaban J connectivity index is 2.33. The highest BCUT2D eigenvalue weighted by atomic mass is 16.1.